The Bertz CT molecular complexity index is 907. The standard InChI is InChI=1S/C22H24N2O4/c1-4-28-22(25)24-21(14-5-8-16(26-2)9-6-14)19-11-7-15-13-17(27-3)10-12-18(15)20(19)23-24/h5-6,8-10,12-13,19,21H,4,7,11H2,1-3H3/t19-,21+/m0/s1. The quantitative estimate of drug-likeness (QED) is 0.798. The molecular formula is C22H24N2O4. The summed E-state index contributed by atoms with van der Waals surface area (Å²) in [6, 6.07) is 13.7. The number of aryl methyl sites for hydroxylation is 1. The summed E-state index contributed by atoms with van der Waals surface area (Å²) in [5.74, 6) is 1.75. The second-order valence-corrected chi connectivity index (χ2v) is 6.91. The largest absolute Gasteiger partial charge is 0.497 e. The first-order chi connectivity index (χ1) is 13.7. The van der Waals surface area contributed by atoms with Gasteiger partial charge in [-0.3, -0.25) is 0 Å². The highest BCUT2D eigenvalue weighted by Crippen LogP contribution is 2.44. The van der Waals surface area contributed by atoms with E-state index in [-0.39, 0.29) is 12.0 Å². The van der Waals surface area contributed by atoms with E-state index in [9.17, 15) is 4.79 Å². The third-order valence-corrected chi connectivity index (χ3v) is 5.44. The Morgan fingerprint density at radius 3 is 2.50 bits per heavy atom. The van der Waals surface area contributed by atoms with Crippen molar-refractivity contribution in [1.82, 2.24) is 5.01 Å². The third kappa shape index (κ3) is 3.09. The summed E-state index contributed by atoms with van der Waals surface area (Å²) in [4.78, 5) is 12.7. The first-order valence-corrected chi connectivity index (χ1v) is 9.52. The number of carbonyl (C=O) groups is 1. The van der Waals surface area contributed by atoms with Crippen LogP contribution in [0.1, 0.15) is 36.1 Å². The van der Waals surface area contributed by atoms with Gasteiger partial charge < -0.3 is 14.2 Å². The van der Waals surface area contributed by atoms with Crippen LogP contribution in [0.25, 0.3) is 0 Å². The van der Waals surface area contributed by atoms with Crippen molar-refractivity contribution in [2.45, 2.75) is 25.8 Å². The Labute approximate surface area is 164 Å². The minimum atomic E-state index is -0.416. The van der Waals surface area contributed by atoms with Crippen LogP contribution in [0.4, 0.5) is 4.79 Å². The molecule has 2 atom stereocenters. The number of rotatable bonds is 4. The number of hydrogen-bond acceptors (Lipinski definition) is 5. The number of nitrogens with zero attached hydrogens (tertiary/aromatic N) is 2. The van der Waals surface area contributed by atoms with Crippen molar-refractivity contribution in [3.63, 3.8) is 0 Å². The minimum Gasteiger partial charge on any atom is -0.497 e. The lowest BCUT2D eigenvalue weighted by Crippen LogP contribution is -2.32. The first kappa shape index (κ1) is 18.3. The highest BCUT2D eigenvalue weighted by Gasteiger charge is 2.44. The molecule has 0 fully saturated rings. The normalized spacial score (nSPS) is 20.1. The van der Waals surface area contributed by atoms with Crippen molar-refractivity contribution in [1.29, 1.82) is 0 Å². The van der Waals surface area contributed by atoms with Crippen LogP contribution < -0.4 is 9.47 Å². The second kappa shape index (κ2) is 7.54. The molecule has 1 aliphatic heterocycles. The van der Waals surface area contributed by atoms with E-state index in [1.807, 2.05) is 36.4 Å². The van der Waals surface area contributed by atoms with E-state index in [1.165, 1.54) is 10.6 Å². The Hall–Kier alpha value is -3.02. The molecule has 1 aliphatic carbocycles. The molecule has 0 N–H and O–H groups in total. The summed E-state index contributed by atoms with van der Waals surface area (Å²) >= 11 is 0. The van der Waals surface area contributed by atoms with E-state index in [0.717, 1.165) is 41.2 Å². The molecule has 6 heteroatoms. The summed E-state index contributed by atoms with van der Waals surface area (Å²) < 4.78 is 15.9. The van der Waals surface area contributed by atoms with Crippen molar-refractivity contribution in [2.75, 3.05) is 20.8 Å². The van der Waals surface area contributed by atoms with E-state index >= 15 is 0 Å². The number of fused-ring (bicyclic) bond motifs is 3. The van der Waals surface area contributed by atoms with Gasteiger partial charge in [-0.15, -0.1) is 0 Å². The maximum atomic E-state index is 12.7. The number of methoxy groups -OCH3 is 2. The van der Waals surface area contributed by atoms with Gasteiger partial charge in [0.1, 0.15) is 11.5 Å². The molecule has 2 aromatic carbocycles. The molecule has 1 amide bonds. The van der Waals surface area contributed by atoms with Crippen molar-refractivity contribution in [3.8, 4) is 11.5 Å². The van der Waals surface area contributed by atoms with E-state index in [0.29, 0.717) is 6.61 Å². The lowest BCUT2D eigenvalue weighted by atomic mass is 9.77. The number of ether oxygens (including phenoxy) is 3. The molecule has 6 nitrogen and oxygen atoms in total. The predicted octanol–water partition coefficient (Wildman–Crippen LogP) is 4.18. The number of amides is 1. The highest BCUT2D eigenvalue weighted by atomic mass is 16.6. The van der Waals surface area contributed by atoms with Crippen molar-refractivity contribution in [2.24, 2.45) is 11.0 Å². The molecule has 146 valence electrons. The molecule has 0 radical (unpaired) electrons. The second-order valence-electron chi connectivity index (χ2n) is 6.91. The average molecular weight is 380 g/mol. The van der Waals surface area contributed by atoms with Crippen LogP contribution in [-0.4, -0.2) is 37.6 Å². The molecule has 28 heavy (non-hydrogen) atoms. The number of benzene rings is 2. The summed E-state index contributed by atoms with van der Waals surface area (Å²) in [7, 11) is 3.31. The fraction of sp³-hybridized carbons (Fsp3) is 0.364. The molecule has 2 aliphatic rings. The Kier molecular flexibility index (Phi) is 4.94. The summed E-state index contributed by atoms with van der Waals surface area (Å²) in [5, 5.41) is 6.23. The molecule has 0 bridgehead atoms. The van der Waals surface area contributed by atoms with Gasteiger partial charge in [0.05, 0.1) is 32.6 Å². The van der Waals surface area contributed by atoms with Crippen LogP contribution in [0.5, 0.6) is 11.5 Å². The molecule has 0 aromatic heterocycles. The molecule has 0 saturated heterocycles. The lowest BCUT2D eigenvalue weighted by molar-refractivity contribution is 0.0909. The smallest absolute Gasteiger partial charge is 0.430 e. The fourth-order valence-corrected chi connectivity index (χ4v) is 4.10. The number of carbonyl (C=O) groups excluding carboxylic acids is 1. The van der Waals surface area contributed by atoms with Gasteiger partial charge in [0.2, 0.25) is 0 Å². The number of hydrazone groups is 1. The van der Waals surface area contributed by atoms with Gasteiger partial charge in [0, 0.05) is 11.5 Å². The molecule has 0 spiro atoms. The molecular weight excluding hydrogens is 356 g/mol. The molecule has 0 unspecified atom stereocenters. The molecule has 4 rings (SSSR count). The maximum Gasteiger partial charge on any atom is 0.430 e. The maximum absolute atomic E-state index is 12.7. The van der Waals surface area contributed by atoms with E-state index in [1.54, 1.807) is 21.1 Å². The van der Waals surface area contributed by atoms with Crippen LogP contribution >= 0.6 is 0 Å². The minimum absolute atomic E-state index is 0.124. The van der Waals surface area contributed by atoms with Crippen LogP contribution in [0.2, 0.25) is 0 Å². The molecule has 2 aromatic rings. The van der Waals surface area contributed by atoms with E-state index in [2.05, 4.69) is 6.07 Å². The predicted molar refractivity (Wildman–Crippen MR) is 106 cm³/mol. The van der Waals surface area contributed by atoms with Crippen LogP contribution in [0.3, 0.4) is 0 Å². The zero-order chi connectivity index (χ0) is 19.7. The van der Waals surface area contributed by atoms with Crippen LogP contribution in [0.15, 0.2) is 47.6 Å². The van der Waals surface area contributed by atoms with Gasteiger partial charge in [-0.25, -0.2) is 4.79 Å². The lowest BCUT2D eigenvalue weighted by Gasteiger charge is -2.29. The van der Waals surface area contributed by atoms with Crippen molar-refractivity contribution < 1.29 is 19.0 Å². The van der Waals surface area contributed by atoms with Gasteiger partial charge in [0.25, 0.3) is 0 Å². The van der Waals surface area contributed by atoms with Gasteiger partial charge >= 0.3 is 6.09 Å². The van der Waals surface area contributed by atoms with Crippen molar-refractivity contribution in [3.05, 3.63) is 59.2 Å². The molecule has 1 heterocycles. The van der Waals surface area contributed by atoms with Crippen molar-refractivity contribution >= 4 is 11.8 Å². The third-order valence-electron chi connectivity index (χ3n) is 5.44. The SMILES string of the molecule is CCOC(=O)N1N=C2c3ccc(OC)cc3CC[C@@H]2[C@H]1c1ccc(OC)cc1. The van der Waals surface area contributed by atoms with Gasteiger partial charge in [-0.05, 0) is 61.2 Å². The first-order valence-electron chi connectivity index (χ1n) is 9.52. The topological polar surface area (TPSA) is 60.4 Å². The van der Waals surface area contributed by atoms with Crippen LogP contribution in [0, 0.1) is 5.92 Å². The molecule has 0 saturated carbocycles. The van der Waals surface area contributed by atoms with E-state index < -0.39 is 6.09 Å². The monoisotopic (exact) mass is 380 g/mol. The van der Waals surface area contributed by atoms with Gasteiger partial charge in [0.15, 0.2) is 0 Å². The van der Waals surface area contributed by atoms with Crippen LogP contribution in [-0.2, 0) is 11.2 Å². The van der Waals surface area contributed by atoms with Gasteiger partial charge in [-0.2, -0.15) is 10.1 Å². The fourth-order valence-electron chi connectivity index (χ4n) is 4.10. The summed E-state index contributed by atoms with van der Waals surface area (Å²) in [5.41, 5.74) is 4.25. The number of hydrogen-bond donors (Lipinski definition) is 0. The average Bonchev–Trinajstić information content (AvgIpc) is 3.13. The summed E-state index contributed by atoms with van der Waals surface area (Å²) in [6.07, 6.45) is 1.41. The highest BCUT2D eigenvalue weighted by molar-refractivity contribution is 6.06. The Balaban J connectivity index is 1.75. The Morgan fingerprint density at radius 1 is 1.11 bits per heavy atom. The van der Waals surface area contributed by atoms with Gasteiger partial charge in [-0.1, -0.05) is 12.1 Å². The Morgan fingerprint density at radius 2 is 1.82 bits per heavy atom. The zero-order valence-corrected chi connectivity index (χ0v) is 16.3. The zero-order valence-electron chi connectivity index (χ0n) is 16.3. The van der Waals surface area contributed by atoms with E-state index in [4.69, 9.17) is 19.3 Å². The summed E-state index contributed by atoms with van der Waals surface area (Å²) in [6.45, 7) is 2.12.